The van der Waals surface area contributed by atoms with Gasteiger partial charge in [0.15, 0.2) is 4.87 Å². The molecule has 1 spiro atoms. The quantitative estimate of drug-likeness (QED) is 0.639. The second kappa shape index (κ2) is 9.05. The van der Waals surface area contributed by atoms with Gasteiger partial charge in [0, 0.05) is 23.9 Å². The van der Waals surface area contributed by atoms with Crippen molar-refractivity contribution in [1.82, 2.24) is 10.2 Å². The second-order valence-corrected chi connectivity index (χ2v) is 9.66. The maximum atomic E-state index is 13.9. The molecule has 2 aliphatic rings. The summed E-state index contributed by atoms with van der Waals surface area (Å²) in [6, 6.07) is 9.65. The number of carbonyl (C=O) groups excluding carboxylic acids is 2. The molecule has 10 heteroatoms. The topological polar surface area (TPSA) is 61.9 Å². The Morgan fingerprint density at radius 2 is 1.94 bits per heavy atom. The molecule has 0 bridgehead atoms. The highest BCUT2D eigenvalue weighted by molar-refractivity contribution is 8.01. The zero-order chi connectivity index (χ0) is 24.7. The summed E-state index contributed by atoms with van der Waals surface area (Å²) < 4.78 is 44.3. The van der Waals surface area contributed by atoms with Crippen LogP contribution in [0, 0.1) is 0 Å². The summed E-state index contributed by atoms with van der Waals surface area (Å²) in [4.78, 5) is 29.0. The van der Waals surface area contributed by atoms with E-state index in [1.165, 1.54) is 31.0 Å². The van der Waals surface area contributed by atoms with E-state index in [1.807, 2.05) is 13.8 Å². The van der Waals surface area contributed by atoms with E-state index in [-0.39, 0.29) is 24.5 Å². The van der Waals surface area contributed by atoms with Gasteiger partial charge in [-0.2, -0.15) is 13.2 Å². The van der Waals surface area contributed by atoms with Gasteiger partial charge < -0.3 is 15.0 Å². The summed E-state index contributed by atoms with van der Waals surface area (Å²) >= 11 is 1.38. The molecule has 1 N–H and O–H groups in total. The van der Waals surface area contributed by atoms with Crippen molar-refractivity contribution in [3.8, 4) is 5.75 Å². The number of alkyl halides is 3. The van der Waals surface area contributed by atoms with Crippen LogP contribution in [0.2, 0.25) is 0 Å². The van der Waals surface area contributed by atoms with Crippen molar-refractivity contribution in [2.24, 2.45) is 0 Å². The van der Waals surface area contributed by atoms with Crippen molar-refractivity contribution in [3.05, 3.63) is 59.2 Å². The number of rotatable bonds is 5. The molecule has 0 radical (unpaired) electrons. The highest BCUT2D eigenvalue weighted by Crippen LogP contribution is 2.55. The molecule has 3 amide bonds. The number of thioether (sulfide) groups is 1. The predicted octanol–water partition coefficient (Wildman–Crippen LogP) is 4.97. The van der Waals surface area contributed by atoms with Gasteiger partial charge >= 0.3 is 12.2 Å². The molecule has 2 aromatic carbocycles. The van der Waals surface area contributed by atoms with E-state index in [0.717, 1.165) is 18.6 Å². The number of nitrogens with zero attached hydrogens (tertiary/aromatic N) is 2. The van der Waals surface area contributed by atoms with Crippen LogP contribution in [-0.4, -0.2) is 42.3 Å². The fourth-order valence-corrected chi connectivity index (χ4v) is 5.70. The maximum absolute atomic E-state index is 13.9. The summed E-state index contributed by atoms with van der Waals surface area (Å²) in [5.41, 5.74) is 1.07. The van der Waals surface area contributed by atoms with Crippen molar-refractivity contribution in [2.75, 3.05) is 24.3 Å². The van der Waals surface area contributed by atoms with Crippen LogP contribution >= 0.6 is 11.8 Å². The van der Waals surface area contributed by atoms with Crippen LogP contribution in [-0.2, 0) is 22.4 Å². The average molecular weight is 494 g/mol. The Labute approximate surface area is 200 Å². The maximum Gasteiger partial charge on any atom is 0.416 e. The van der Waals surface area contributed by atoms with Crippen LogP contribution in [0.25, 0.3) is 0 Å². The Kier molecular flexibility index (Phi) is 6.46. The minimum atomic E-state index is -4.43. The lowest BCUT2D eigenvalue weighted by Crippen LogP contribution is -2.54. The number of carbonyl (C=O) groups is 2. The van der Waals surface area contributed by atoms with Crippen molar-refractivity contribution >= 4 is 29.4 Å². The fourth-order valence-electron chi connectivity index (χ4n) is 4.25. The average Bonchev–Trinajstić information content (AvgIpc) is 3.35. The van der Waals surface area contributed by atoms with Gasteiger partial charge in [-0.1, -0.05) is 19.1 Å². The minimum Gasteiger partial charge on any atom is -0.497 e. The highest BCUT2D eigenvalue weighted by atomic mass is 32.2. The van der Waals surface area contributed by atoms with E-state index in [0.29, 0.717) is 34.9 Å². The Balaban J connectivity index is 1.73. The first-order valence-corrected chi connectivity index (χ1v) is 12.0. The van der Waals surface area contributed by atoms with Gasteiger partial charge in [-0.25, -0.2) is 4.79 Å². The van der Waals surface area contributed by atoms with Crippen LogP contribution in [0.3, 0.4) is 0 Å². The molecule has 0 aromatic heterocycles. The summed E-state index contributed by atoms with van der Waals surface area (Å²) in [6.45, 7) is 4.34. The third-order valence-corrected chi connectivity index (χ3v) is 7.67. The molecule has 6 nitrogen and oxygen atoms in total. The van der Waals surface area contributed by atoms with Crippen molar-refractivity contribution in [3.63, 3.8) is 0 Å². The molecule has 4 rings (SSSR count). The van der Waals surface area contributed by atoms with Gasteiger partial charge in [0.25, 0.3) is 5.91 Å². The number of nitrogens with one attached hydrogen (secondary N) is 1. The number of benzene rings is 2. The molecule has 2 aromatic rings. The van der Waals surface area contributed by atoms with E-state index in [1.54, 1.807) is 28.0 Å². The monoisotopic (exact) mass is 493 g/mol. The Hall–Kier alpha value is -2.88. The molecule has 2 atom stereocenters. The number of halogens is 3. The lowest BCUT2D eigenvalue weighted by Gasteiger charge is -2.34. The Bertz CT molecular complexity index is 1090. The summed E-state index contributed by atoms with van der Waals surface area (Å²) in [7, 11) is 1.53. The SMILES string of the molecule is CCC(C)NC(=O)N1CCSC12C(=O)N(Cc1ccc(C(F)(F)F)cc1)c1ccc(OC)cc12. The summed E-state index contributed by atoms with van der Waals surface area (Å²) in [6.07, 6.45) is -3.68. The number of methoxy groups -OCH3 is 1. The largest absolute Gasteiger partial charge is 0.497 e. The summed E-state index contributed by atoms with van der Waals surface area (Å²) in [5, 5.41) is 2.95. The molecule has 2 aliphatic heterocycles. The van der Waals surface area contributed by atoms with Gasteiger partial charge in [0.2, 0.25) is 0 Å². The molecule has 1 saturated heterocycles. The van der Waals surface area contributed by atoms with Crippen LogP contribution in [0.1, 0.15) is 37.0 Å². The number of hydrogen-bond acceptors (Lipinski definition) is 4. The van der Waals surface area contributed by atoms with E-state index in [9.17, 15) is 22.8 Å². The zero-order valence-corrected chi connectivity index (χ0v) is 19.9. The van der Waals surface area contributed by atoms with Gasteiger partial charge in [-0.15, -0.1) is 11.8 Å². The zero-order valence-electron chi connectivity index (χ0n) is 19.1. The molecular formula is C24H26F3N3O3S. The molecule has 1 fully saturated rings. The molecule has 2 unspecified atom stereocenters. The number of fused-ring (bicyclic) bond motifs is 2. The number of anilines is 1. The van der Waals surface area contributed by atoms with Crippen LogP contribution in [0.5, 0.6) is 5.75 Å². The van der Waals surface area contributed by atoms with Crippen molar-refractivity contribution in [2.45, 2.75) is 43.9 Å². The van der Waals surface area contributed by atoms with E-state index in [2.05, 4.69) is 5.32 Å². The first-order valence-electron chi connectivity index (χ1n) is 11.0. The van der Waals surface area contributed by atoms with Crippen molar-refractivity contribution < 1.29 is 27.5 Å². The lowest BCUT2D eigenvalue weighted by molar-refractivity contribution is -0.137. The predicted molar refractivity (Wildman–Crippen MR) is 125 cm³/mol. The molecular weight excluding hydrogens is 467 g/mol. The normalized spacial score (nSPS) is 20.6. The number of hydrogen-bond donors (Lipinski definition) is 1. The minimum absolute atomic E-state index is 0.0558. The first kappa shape index (κ1) is 24.3. The molecule has 0 aliphatic carbocycles. The smallest absolute Gasteiger partial charge is 0.416 e. The summed E-state index contributed by atoms with van der Waals surface area (Å²) in [5.74, 6) is 0.833. The molecule has 2 heterocycles. The fraction of sp³-hybridized carbons (Fsp3) is 0.417. The molecule has 34 heavy (non-hydrogen) atoms. The number of urea groups is 1. The second-order valence-electron chi connectivity index (χ2n) is 8.37. The standard InChI is InChI=1S/C24H26F3N3O3S/c1-4-15(2)28-22(32)30-11-12-34-23(30)19-13-18(33-3)9-10-20(19)29(21(23)31)14-16-5-7-17(8-6-16)24(25,26)27/h5-10,13,15H,4,11-12,14H2,1-3H3,(H,28,32). The highest BCUT2D eigenvalue weighted by Gasteiger charge is 2.59. The van der Waals surface area contributed by atoms with Gasteiger partial charge in [-0.05, 0) is 49.2 Å². The van der Waals surface area contributed by atoms with E-state index < -0.39 is 16.6 Å². The van der Waals surface area contributed by atoms with Gasteiger partial charge in [0.1, 0.15) is 5.75 Å². The van der Waals surface area contributed by atoms with E-state index >= 15 is 0 Å². The van der Waals surface area contributed by atoms with Crippen LogP contribution in [0.15, 0.2) is 42.5 Å². The lowest BCUT2D eigenvalue weighted by atomic mass is 10.1. The van der Waals surface area contributed by atoms with Crippen molar-refractivity contribution in [1.29, 1.82) is 0 Å². The first-order chi connectivity index (χ1) is 16.1. The Morgan fingerprint density at radius 3 is 2.56 bits per heavy atom. The molecule has 182 valence electrons. The number of ether oxygens (including phenoxy) is 1. The third kappa shape index (κ3) is 4.08. The van der Waals surface area contributed by atoms with Crippen LogP contribution in [0.4, 0.5) is 23.7 Å². The molecule has 0 saturated carbocycles. The van der Waals surface area contributed by atoms with E-state index in [4.69, 9.17) is 4.74 Å². The Morgan fingerprint density at radius 1 is 1.24 bits per heavy atom. The third-order valence-electron chi connectivity index (χ3n) is 6.25. The van der Waals surface area contributed by atoms with Crippen LogP contribution < -0.4 is 15.0 Å². The van der Waals surface area contributed by atoms with Gasteiger partial charge in [0.05, 0.1) is 24.9 Å². The van der Waals surface area contributed by atoms with Gasteiger partial charge in [-0.3, -0.25) is 9.69 Å². The number of amides is 3.